The zero-order chi connectivity index (χ0) is 14.7. The summed E-state index contributed by atoms with van der Waals surface area (Å²) in [4.78, 5) is 4.46. The molecular formula is C16H20N2O2S. The van der Waals surface area contributed by atoms with Crippen LogP contribution in [0.4, 0.5) is 0 Å². The molecule has 5 heteroatoms. The third-order valence-electron chi connectivity index (χ3n) is 3.91. The average molecular weight is 304 g/mol. The van der Waals surface area contributed by atoms with E-state index in [0.29, 0.717) is 5.89 Å². The van der Waals surface area contributed by atoms with E-state index in [2.05, 4.69) is 10.1 Å². The Labute approximate surface area is 129 Å². The summed E-state index contributed by atoms with van der Waals surface area (Å²) in [5.41, 5.74) is 1.66. The number of thioether (sulfide) groups is 1. The molecule has 4 nitrogen and oxygen atoms in total. The van der Waals surface area contributed by atoms with E-state index in [1.807, 2.05) is 24.8 Å². The van der Waals surface area contributed by atoms with Crippen LogP contribution in [0.3, 0.4) is 0 Å². The summed E-state index contributed by atoms with van der Waals surface area (Å²) in [5, 5.41) is 14.4. The highest BCUT2D eigenvalue weighted by molar-refractivity contribution is 7.99. The number of aromatic nitrogens is 2. The Hall–Kier alpha value is -1.49. The van der Waals surface area contributed by atoms with Gasteiger partial charge in [0.1, 0.15) is 5.75 Å². The Balaban J connectivity index is 1.63. The molecule has 0 saturated heterocycles. The standard InChI is InChI=1S/C16H20N2O2S/c1-11-9-12(7-8-14(11)19)16-17-15(18-20-16)10-21-13-5-3-2-4-6-13/h7-9,13,19H,2-6,10H2,1H3. The summed E-state index contributed by atoms with van der Waals surface area (Å²) in [7, 11) is 0. The summed E-state index contributed by atoms with van der Waals surface area (Å²) in [6.07, 6.45) is 6.70. The van der Waals surface area contributed by atoms with Crippen molar-refractivity contribution < 1.29 is 9.63 Å². The van der Waals surface area contributed by atoms with Crippen molar-refractivity contribution in [3.63, 3.8) is 0 Å². The van der Waals surface area contributed by atoms with Crippen LogP contribution in [0.2, 0.25) is 0 Å². The SMILES string of the molecule is Cc1cc(-c2nc(CSC3CCCCC3)no2)ccc1O. The number of phenols is 1. The van der Waals surface area contributed by atoms with Gasteiger partial charge in [-0.05, 0) is 43.5 Å². The van der Waals surface area contributed by atoms with Gasteiger partial charge in [0, 0.05) is 10.8 Å². The number of phenolic OH excluding ortho intramolecular Hbond substituents is 1. The maximum atomic E-state index is 9.55. The number of hydrogen-bond donors (Lipinski definition) is 1. The first-order chi connectivity index (χ1) is 10.2. The number of nitrogens with zero attached hydrogens (tertiary/aromatic N) is 2. The monoisotopic (exact) mass is 304 g/mol. The van der Waals surface area contributed by atoms with E-state index in [1.54, 1.807) is 12.1 Å². The van der Waals surface area contributed by atoms with Gasteiger partial charge in [-0.3, -0.25) is 0 Å². The second-order valence-electron chi connectivity index (χ2n) is 5.59. The molecule has 1 saturated carbocycles. The molecule has 1 heterocycles. The van der Waals surface area contributed by atoms with Crippen LogP contribution in [-0.2, 0) is 5.75 Å². The van der Waals surface area contributed by atoms with Gasteiger partial charge in [0.2, 0.25) is 0 Å². The molecule has 0 spiro atoms. The van der Waals surface area contributed by atoms with Gasteiger partial charge < -0.3 is 9.63 Å². The van der Waals surface area contributed by atoms with E-state index >= 15 is 0 Å². The van der Waals surface area contributed by atoms with Crippen LogP contribution < -0.4 is 0 Å². The fraction of sp³-hybridized carbons (Fsp3) is 0.500. The quantitative estimate of drug-likeness (QED) is 0.911. The predicted octanol–water partition coefficient (Wildman–Crippen LogP) is 4.32. The van der Waals surface area contributed by atoms with Gasteiger partial charge in [-0.15, -0.1) is 0 Å². The minimum absolute atomic E-state index is 0.284. The summed E-state index contributed by atoms with van der Waals surface area (Å²) in [6.45, 7) is 1.86. The van der Waals surface area contributed by atoms with Crippen LogP contribution in [0.25, 0.3) is 11.5 Å². The second kappa shape index (κ2) is 6.52. The number of benzene rings is 1. The van der Waals surface area contributed by atoms with Gasteiger partial charge in [0.25, 0.3) is 5.89 Å². The Morgan fingerprint density at radius 1 is 1.29 bits per heavy atom. The average Bonchev–Trinajstić information content (AvgIpc) is 2.98. The van der Waals surface area contributed by atoms with Gasteiger partial charge in [-0.25, -0.2) is 0 Å². The molecule has 1 aliphatic rings. The predicted molar refractivity (Wildman–Crippen MR) is 84.3 cm³/mol. The van der Waals surface area contributed by atoms with Gasteiger partial charge >= 0.3 is 0 Å². The molecule has 0 aliphatic heterocycles. The summed E-state index contributed by atoms with van der Waals surface area (Å²) >= 11 is 1.94. The Morgan fingerprint density at radius 3 is 2.86 bits per heavy atom. The van der Waals surface area contributed by atoms with E-state index in [9.17, 15) is 5.11 Å². The van der Waals surface area contributed by atoms with Gasteiger partial charge in [0.05, 0.1) is 5.75 Å². The molecule has 2 aromatic rings. The van der Waals surface area contributed by atoms with Crippen LogP contribution in [0.1, 0.15) is 43.5 Å². The highest BCUT2D eigenvalue weighted by Gasteiger charge is 2.16. The summed E-state index contributed by atoms with van der Waals surface area (Å²) < 4.78 is 5.33. The molecule has 1 N–H and O–H groups in total. The zero-order valence-corrected chi connectivity index (χ0v) is 13.0. The third-order valence-corrected chi connectivity index (χ3v) is 5.28. The smallest absolute Gasteiger partial charge is 0.257 e. The van der Waals surface area contributed by atoms with Crippen LogP contribution in [0.15, 0.2) is 22.7 Å². The maximum Gasteiger partial charge on any atom is 0.257 e. The highest BCUT2D eigenvalue weighted by atomic mass is 32.2. The first kappa shape index (κ1) is 14.4. The molecule has 112 valence electrons. The number of rotatable bonds is 4. The van der Waals surface area contributed by atoms with Crippen molar-refractivity contribution in [2.45, 2.75) is 50.0 Å². The van der Waals surface area contributed by atoms with Crippen molar-refractivity contribution in [3.8, 4) is 17.2 Å². The second-order valence-corrected chi connectivity index (χ2v) is 6.88. The molecule has 0 unspecified atom stereocenters. The Bertz CT molecular complexity index is 606. The Kier molecular flexibility index (Phi) is 4.48. The first-order valence-corrected chi connectivity index (χ1v) is 8.51. The summed E-state index contributed by atoms with van der Waals surface area (Å²) in [6, 6.07) is 5.32. The van der Waals surface area contributed by atoms with E-state index in [1.165, 1.54) is 32.1 Å². The molecule has 21 heavy (non-hydrogen) atoms. The van der Waals surface area contributed by atoms with Gasteiger partial charge in [-0.2, -0.15) is 16.7 Å². The molecule has 3 rings (SSSR count). The van der Waals surface area contributed by atoms with E-state index in [-0.39, 0.29) is 5.75 Å². The molecule has 0 atom stereocenters. The van der Waals surface area contributed by atoms with Crippen LogP contribution >= 0.6 is 11.8 Å². The van der Waals surface area contributed by atoms with Crippen molar-refractivity contribution in [1.82, 2.24) is 10.1 Å². The fourth-order valence-corrected chi connectivity index (χ4v) is 3.81. The van der Waals surface area contributed by atoms with E-state index in [4.69, 9.17) is 4.52 Å². The third kappa shape index (κ3) is 3.59. The lowest BCUT2D eigenvalue weighted by molar-refractivity contribution is 0.424. The zero-order valence-electron chi connectivity index (χ0n) is 12.2. The minimum Gasteiger partial charge on any atom is -0.508 e. The number of aryl methyl sites for hydroxylation is 1. The van der Waals surface area contributed by atoms with E-state index in [0.717, 1.165) is 28.0 Å². The van der Waals surface area contributed by atoms with Crippen molar-refractivity contribution in [2.24, 2.45) is 0 Å². The van der Waals surface area contributed by atoms with Gasteiger partial charge in [0.15, 0.2) is 5.82 Å². The molecule has 0 amide bonds. The minimum atomic E-state index is 0.284. The molecular weight excluding hydrogens is 284 g/mol. The lowest BCUT2D eigenvalue weighted by atomic mass is 10.0. The fourth-order valence-electron chi connectivity index (χ4n) is 2.64. The van der Waals surface area contributed by atoms with Crippen molar-refractivity contribution in [3.05, 3.63) is 29.6 Å². The number of aromatic hydroxyl groups is 1. The van der Waals surface area contributed by atoms with Crippen molar-refractivity contribution in [2.75, 3.05) is 0 Å². The van der Waals surface area contributed by atoms with Crippen molar-refractivity contribution in [1.29, 1.82) is 0 Å². The largest absolute Gasteiger partial charge is 0.508 e. The topological polar surface area (TPSA) is 59.2 Å². The molecule has 1 aromatic carbocycles. The van der Waals surface area contributed by atoms with Crippen molar-refractivity contribution >= 4 is 11.8 Å². The molecule has 1 fully saturated rings. The molecule has 1 aliphatic carbocycles. The molecule has 0 bridgehead atoms. The van der Waals surface area contributed by atoms with Crippen LogP contribution in [0, 0.1) is 6.92 Å². The highest BCUT2D eigenvalue weighted by Crippen LogP contribution is 2.30. The van der Waals surface area contributed by atoms with Crippen LogP contribution in [-0.4, -0.2) is 20.5 Å². The number of hydrogen-bond acceptors (Lipinski definition) is 5. The lowest BCUT2D eigenvalue weighted by Crippen LogP contribution is -2.08. The molecule has 1 aromatic heterocycles. The Morgan fingerprint density at radius 2 is 2.10 bits per heavy atom. The maximum absolute atomic E-state index is 9.55. The molecule has 0 radical (unpaired) electrons. The summed E-state index contributed by atoms with van der Waals surface area (Å²) in [5.74, 6) is 2.38. The lowest BCUT2D eigenvalue weighted by Gasteiger charge is -2.19. The van der Waals surface area contributed by atoms with Crippen LogP contribution in [0.5, 0.6) is 5.75 Å². The normalized spacial score (nSPS) is 16.2. The van der Waals surface area contributed by atoms with Gasteiger partial charge in [-0.1, -0.05) is 24.4 Å². The first-order valence-electron chi connectivity index (χ1n) is 7.46. The van der Waals surface area contributed by atoms with E-state index < -0.39 is 0 Å².